The van der Waals surface area contributed by atoms with E-state index >= 15 is 0 Å². The normalized spacial score (nSPS) is 35.6. The van der Waals surface area contributed by atoms with Gasteiger partial charge in [-0.15, -0.1) is 0 Å². The molecule has 2 unspecified atom stereocenters. The molecule has 0 aromatic heterocycles. The third-order valence-electron chi connectivity index (χ3n) is 3.84. The maximum Gasteiger partial charge on any atom is 0.0820 e. The summed E-state index contributed by atoms with van der Waals surface area (Å²) in [6.45, 7) is 1.94. The second kappa shape index (κ2) is 5.28. The Morgan fingerprint density at radius 3 is 2.53 bits per heavy atom. The molecule has 1 aliphatic carbocycles. The zero-order valence-electron chi connectivity index (χ0n) is 9.78. The van der Waals surface area contributed by atoms with Crippen LogP contribution in [0.1, 0.15) is 38.5 Å². The fourth-order valence-electron chi connectivity index (χ4n) is 2.86. The van der Waals surface area contributed by atoms with Gasteiger partial charge in [-0.3, -0.25) is 0 Å². The van der Waals surface area contributed by atoms with E-state index < -0.39 is 0 Å². The van der Waals surface area contributed by atoms with Crippen LogP contribution in [0.3, 0.4) is 0 Å². The predicted octanol–water partition coefficient (Wildman–Crippen LogP) is 0.974. The Kier molecular flexibility index (Phi) is 4.00. The van der Waals surface area contributed by atoms with Crippen LogP contribution in [0.25, 0.3) is 0 Å². The van der Waals surface area contributed by atoms with Gasteiger partial charge in [-0.2, -0.15) is 0 Å². The molecule has 0 bridgehead atoms. The van der Waals surface area contributed by atoms with Crippen molar-refractivity contribution in [3.05, 3.63) is 0 Å². The Hall–Kier alpha value is -0.120. The number of β-amino-alcohol motifs (C(OH)–C–C–N with tert-alkyl or cyclic N) is 1. The standard InChI is InChI=1S/C12H24N2O/c1-14-8-7-11(12(15)9-14)13-10-5-3-2-4-6-10/h10-13,15H,2-9H2,1H3. The van der Waals surface area contributed by atoms with Crippen LogP contribution >= 0.6 is 0 Å². The zero-order chi connectivity index (χ0) is 10.7. The number of nitrogens with one attached hydrogen (secondary N) is 1. The van der Waals surface area contributed by atoms with E-state index in [1.807, 2.05) is 0 Å². The number of aliphatic hydroxyl groups excluding tert-OH is 1. The zero-order valence-corrected chi connectivity index (χ0v) is 9.78. The Balaban J connectivity index is 1.77. The van der Waals surface area contributed by atoms with Crippen molar-refractivity contribution in [3.63, 3.8) is 0 Å². The van der Waals surface area contributed by atoms with E-state index in [9.17, 15) is 5.11 Å². The molecular weight excluding hydrogens is 188 g/mol. The summed E-state index contributed by atoms with van der Waals surface area (Å²) < 4.78 is 0. The number of likely N-dealkylation sites (tertiary alicyclic amines) is 1. The summed E-state index contributed by atoms with van der Waals surface area (Å²) in [5.74, 6) is 0. The average Bonchev–Trinajstić information content (AvgIpc) is 2.24. The first-order valence-corrected chi connectivity index (χ1v) is 6.38. The van der Waals surface area contributed by atoms with E-state index in [-0.39, 0.29) is 6.10 Å². The average molecular weight is 212 g/mol. The first kappa shape index (κ1) is 11.4. The van der Waals surface area contributed by atoms with E-state index in [4.69, 9.17) is 0 Å². The molecule has 2 rings (SSSR count). The van der Waals surface area contributed by atoms with Crippen molar-refractivity contribution in [2.45, 2.75) is 56.7 Å². The molecule has 2 N–H and O–H groups in total. The van der Waals surface area contributed by atoms with Gasteiger partial charge in [0.25, 0.3) is 0 Å². The maximum absolute atomic E-state index is 9.97. The molecule has 0 aromatic carbocycles. The van der Waals surface area contributed by atoms with E-state index in [1.54, 1.807) is 0 Å². The van der Waals surface area contributed by atoms with Gasteiger partial charge in [0.1, 0.15) is 0 Å². The molecule has 3 heteroatoms. The molecule has 88 valence electrons. The second-order valence-electron chi connectivity index (χ2n) is 5.23. The van der Waals surface area contributed by atoms with Gasteiger partial charge in [-0.05, 0) is 32.9 Å². The molecule has 0 amide bonds. The minimum Gasteiger partial charge on any atom is -0.390 e. The molecular formula is C12H24N2O. The number of piperidine rings is 1. The molecule has 1 heterocycles. The molecule has 2 atom stereocenters. The van der Waals surface area contributed by atoms with Gasteiger partial charge in [0.05, 0.1) is 6.10 Å². The number of likely N-dealkylation sites (N-methyl/N-ethyl adjacent to an activating group) is 1. The van der Waals surface area contributed by atoms with Crippen molar-refractivity contribution in [1.29, 1.82) is 0 Å². The van der Waals surface area contributed by atoms with Crippen LogP contribution in [0, 0.1) is 0 Å². The first-order chi connectivity index (χ1) is 7.25. The third kappa shape index (κ3) is 3.16. The first-order valence-electron chi connectivity index (χ1n) is 6.38. The van der Waals surface area contributed by atoms with Crippen LogP contribution in [-0.4, -0.2) is 48.3 Å². The van der Waals surface area contributed by atoms with E-state index in [2.05, 4.69) is 17.3 Å². The highest BCUT2D eigenvalue weighted by Gasteiger charge is 2.27. The van der Waals surface area contributed by atoms with Crippen LogP contribution in [0.4, 0.5) is 0 Å². The van der Waals surface area contributed by atoms with Gasteiger partial charge in [-0.1, -0.05) is 19.3 Å². The van der Waals surface area contributed by atoms with Crippen molar-refractivity contribution >= 4 is 0 Å². The lowest BCUT2D eigenvalue weighted by atomic mass is 9.93. The fourth-order valence-corrected chi connectivity index (χ4v) is 2.86. The molecule has 15 heavy (non-hydrogen) atoms. The number of hydrogen-bond acceptors (Lipinski definition) is 3. The number of nitrogens with zero attached hydrogens (tertiary/aromatic N) is 1. The van der Waals surface area contributed by atoms with Gasteiger partial charge < -0.3 is 15.3 Å². The van der Waals surface area contributed by atoms with E-state index in [0.717, 1.165) is 19.5 Å². The van der Waals surface area contributed by atoms with E-state index in [1.165, 1.54) is 32.1 Å². The third-order valence-corrected chi connectivity index (χ3v) is 3.84. The topological polar surface area (TPSA) is 35.5 Å². The molecule has 2 fully saturated rings. The highest BCUT2D eigenvalue weighted by molar-refractivity contribution is 4.87. The molecule has 0 spiro atoms. The minimum absolute atomic E-state index is 0.175. The van der Waals surface area contributed by atoms with Gasteiger partial charge in [-0.25, -0.2) is 0 Å². The molecule has 0 radical (unpaired) electrons. The summed E-state index contributed by atoms with van der Waals surface area (Å²) in [6, 6.07) is 1.01. The molecule has 1 saturated carbocycles. The highest BCUT2D eigenvalue weighted by atomic mass is 16.3. The molecule has 1 aliphatic heterocycles. The number of rotatable bonds is 2. The summed E-state index contributed by atoms with van der Waals surface area (Å²) in [7, 11) is 2.08. The maximum atomic E-state index is 9.97. The predicted molar refractivity (Wildman–Crippen MR) is 61.9 cm³/mol. The summed E-state index contributed by atoms with van der Waals surface area (Å²) in [4.78, 5) is 2.21. The fraction of sp³-hybridized carbons (Fsp3) is 1.00. The molecule has 0 aromatic rings. The van der Waals surface area contributed by atoms with Crippen molar-refractivity contribution < 1.29 is 5.11 Å². The van der Waals surface area contributed by atoms with Crippen molar-refractivity contribution in [1.82, 2.24) is 10.2 Å². The minimum atomic E-state index is -0.175. The van der Waals surface area contributed by atoms with Crippen molar-refractivity contribution in [2.24, 2.45) is 0 Å². The molecule has 3 nitrogen and oxygen atoms in total. The van der Waals surface area contributed by atoms with Crippen LogP contribution in [0.2, 0.25) is 0 Å². The summed E-state index contributed by atoms with van der Waals surface area (Å²) in [5, 5.41) is 13.6. The lowest BCUT2D eigenvalue weighted by Crippen LogP contribution is -2.54. The SMILES string of the molecule is CN1CCC(NC2CCCCC2)C(O)C1. The summed E-state index contributed by atoms with van der Waals surface area (Å²) in [6.07, 6.45) is 7.65. The highest BCUT2D eigenvalue weighted by Crippen LogP contribution is 2.20. The largest absolute Gasteiger partial charge is 0.390 e. The van der Waals surface area contributed by atoms with Crippen LogP contribution in [-0.2, 0) is 0 Å². The van der Waals surface area contributed by atoms with Crippen LogP contribution in [0.15, 0.2) is 0 Å². The van der Waals surface area contributed by atoms with Crippen molar-refractivity contribution in [2.75, 3.05) is 20.1 Å². The Morgan fingerprint density at radius 1 is 1.13 bits per heavy atom. The smallest absolute Gasteiger partial charge is 0.0820 e. The molecule has 2 aliphatic rings. The number of hydrogen-bond donors (Lipinski definition) is 2. The van der Waals surface area contributed by atoms with Crippen LogP contribution in [0.5, 0.6) is 0 Å². The van der Waals surface area contributed by atoms with Crippen LogP contribution < -0.4 is 5.32 Å². The monoisotopic (exact) mass is 212 g/mol. The quantitative estimate of drug-likeness (QED) is 0.716. The van der Waals surface area contributed by atoms with E-state index in [0.29, 0.717) is 12.1 Å². The summed E-state index contributed by atoms with van der Waals surface area (Å²) in [5.41, 5.74) is 0. The Morgan fingerprint density at radius 2 is 1.87 bits per heavy atom. The molecule has 1 saturated heterocycles. The summed E-state index contributed by atoms with van der Waals surface area (Å²) >= 11 is 0. The lowest BCUT2D eigenvalue weighted by Gasteiger charge is -2.37. The lowest BCUT2D eigenvalue weighted by molar-refractivity contribution is 0.0450. The van der Waals surface area contributed by atoms with Gasteiger partial charge >= 0.3 is 0 Å². The second-order valence-corrected chi connectivity index (χ2v) is 5.23. The number of aliphatic hydroxyl groups is 1. The van der Waals surface area contributed by atoms with Gasteiger partial charge in [0.2, 0.25) is 0 Å². The Labute approximate surface area is 92.8 Å². The Bertz CT molecular complexity index is 192. The van der Waals surface area contributed by atoms with Gasteiger partial charge in [0.15, 0.2) is 0 Å². The van der Waals surface area contributed by atoms with Gasteiger partial charge in [0, 0.05) is 18.6 Å². The van der Waals surface area contributed by atoms with Crippen molar-refractivity contribution in [3.8, 4) is 0 Å².